The first kappa shape index (κ1) is 19.5. The Morgan fingerprint density at radius 2 is 2.07 bits per heavy atom. The van der Waals surface area contributed by atoms with Gasteiger partial charge in [0.25, 0.3) is 0 Å². The van der Waals surface area contributed by atoms with Gasteiger partial charge in [-0.15, -0.1) is 0 Å². The molecule has 0 aliphatic heterocycles. The van der Waals surface area contributed by atoms with Crippen LogP contribution >= 0.6 is 12.2 Å². The lowest BCUT2D eigenvalue weighted by molar-refractivity contribution is -0.153. The van der Waals surface area contributed by atoms with E-state index in [-0.39, 0.29) is 12.1 Å². The number of aryl methyl sites for hydroxylation is 1. The van der Waals surface area contributed by atoms with Gasteiger partial charge in [0.05, 0.1) is 10.4 Å². The van der Waals surface area contributed by atoms with Gasteiger partial charge in [-0.2, -0.15) is 0 Å². The van der Waals surface area contributed by atoms with E-state index in [1.165, 1.54) is 0 Å². The summed E-state index contributed by atoms with van der Waals surface area (Å²) in [5.41, 5.74) is 1.66. The summed E-state index contributed by atoms with van der Waals surface area (Å²) in [6, 6.07) is 14.0. The first-order valence-electron chi connectivity index (χ1n) is 9.53. The summed E-state index contributed by atoms with van der Waals surface area (Å²) in [7, 11) is 1.84. The Hall–Kier alpha value is -2.27. The van der Waals surface area contributed by atoms with E-state index in [0.717, 1.165) is 41.8 Å². The molecule has 1 saturated carbocycles. The minimum atomic E-state index is -0.501. The van der Waals surface area contributed by atoms with E-state index in [9.17, 15) is 4.79 Å². The number of thiocarbonyl (C=S) groups is 1. The molecule has 1 aliphatic carbocycles. The summed E-state index contributed by atoms with van der Waals surface area (Å²) in [5.74, 6) is -0.169. The molecule has 2 unspecified atom stereocenters. The van der Waals surface area contributed by atoms with Gasteiger partial charge >= 0.3 is 5.97 Å². The number of carbonyl (C=O) groups is 1. The monoisotopic (exact) mass is 382 g/mol. The molecule has 1 heterocycles. The number of carbonyl (C=O) groups excluding carboxylic acids is 1. The zero-order valence-corrected chi connectivity index (χ0v) is 16.5. The van der Waals surface area contributed by atoms with Gasteiger partial charge in [-0.1, -0.05) is 55.0 Å². The zero-order valence-electron chi connectivity index (χ0n) is 15.7. The van der Waals surface area contributed by atoms with Crippen LogP contribution in [0, 0.1) is 0 Å². The molecule has 2 aromatic rings. The number of nitrogens with zero attached hydrogens (tertiary/aromatic N) is 1. The third kappa shape index (κ3) is 4.35. The van der Waals surface area contributed by atoms with Crippen LogP contribution in [0.3, 0.4) is 0 Å². The second-order valence-corrected chi connectivity index (χ2v) is 7.41. The number of likely N-dealkylation sites (N-methyl/N-ethyl adjacent to an activating group) is 1. The summed E-state index contributed by atoms with van der Waals surface area (Å²) in [4.78, 5) is 17.6. The van der Waals surface area contributed by atoms with Crippen LogP contribution in [-0.4, -0.2) is 29.1 Å². The van der Waals surface area contributed by atoms with E-state index in [0.29, 0.717) is 12.8 Å². The van der Waals surface area contributed by atoms with Crippen LogP contribution in [0.5, 0.6) is 0 Å². The normalized spacial score (nSPS) is 22.0. The van der Waals surface area contributed by atoms with Crippen LogP contribution in [0.1, 0.15) is 43.2 Å². The summed E-state index contributed by atoms with van der Waals surface area (Å²) in [5, 5.41) is 3.15. The Morgan fingerprint density at radius 3 is 2.78 bits per heavy atom. The molecule has 0 saturated heterocycles. The van der Waals surface area contributed by atoms with E-state index < -0.39 is 5.41 Å². The predicted octanol–water partition coefficient (Wildman–Crippen LogP) is 3.98. The van der Waals surface area contributed by atoms with Crippen molar-refractivity contribution >= 4 is 23.2 Å². The van der Waals surface area contributed by atoms with Gasteiger partial charge in [0.1, 0.15) is 6.10 Å². The smallest absolute Gasteiger partial charge is 0.306 e. The van der Waals surface area contributed by atoms with Gasteiger partial charge in [0.2, 0.25) is 0 Å². The highest BCUT2D eigenvalue weighted by molar-refractivity contribution is 7.80. The van der Waals surface area contributed by atoms with Gasteiger partial charge < -0.3 is 10.1 Å². The molecule has 4 nitrogen and oxygen atoms in total. The summed E-state index contributed by atoms with van der Waals surface area (Å²) in [6.07, 6.45) is 8.14. The Balaban J connectivity index is 1.78. The van der Waals surface area contributed by atoms with Crippen LogP contribution < -0.4 is 5.32 Å². The molecular formula is C22H26N2O2S. The van der Waals surface area contributed by atoms with Gasteiger partial charge in [0, 0.05) is 25.9 Å². The van der Waals surface area contributed by atoms with Gasteiger partial charge in [-0.25, -0.2) is 0 Å². The highest BCUT2D eigenvalue weighted by atomic mass is 32.1. The Kier molecular flexibility index (Phi) is 6.56. The van der Waals surface area contributed by atoms with Crippen LogP contribution in [0.2, 0.25) is 0 Å². The van der Waals surface area contributed by atoms with Crippen molar-refractivity contribution in [3.8, 4) is 0 Å². The van der Waals surface area contributed by atoms with Crippen molar-refractivity contribution in [1.29, 1.82) is 0 Å². The van der Waals surface area contributed by atoms with Crippen LogP contribution in [-0.2, 0) is 21.4 Å². The van der Waals surface area contributed by atoms with Crippen molar-refractivity contribution in [3.63, 3.8) is 0 Å². The third-order valence-electron chi connectivity index (χ3n) is 5.38. The molecule has 0 spiro atoms. The van der Waals surface area contributed by atoms with E-state index in [4.69, 9.17) is 17.0 Å². The fourth-order valence-corrected chi connectivity index (χ4v) is 4.33. The standard InChI is InChI=1S/C22H26N2O2S/c1-23-21(27)22(18-10-7-15-24-16-18)14-6-5-11-19(22)26-20(25)13-12-17-8-3-2-4-9-17/h2-4,7-10,15-16,19H,5-6,11-14H2,1H3,(H,23,27). The Labute approximate surface area is 166 Å². The van der Waals surface area contributed by atoms with Crippen molar-refractivity contribution < 1.29 is 9.53 Å². The lowest BCUT2D eigenvalue weighted by Crippen LogP contribution is -2.53. The molecule has 142 valence electrons. The van der Waals surface area contributed by atoms with Crippen molar-refractivity contribution in [2.45, 2.75) is 50.0 Å². The molecule has 5 heteroatoms. The summed E-state index contributed by atoms with van der Waals surface area (Å²) in [6.45, 7) is 0. The van der Waals surface area contributed by atoms with E-state index in [1.54, 1.807) is 6.20 Å². The Morgan fingerprint density at radius 1 is 1.26 bits per heavy atom. The fraction of sp³-hybridized carbons (Fsp3) is 0.409. The number of hydrogen-bond acceptors (Lipinski definition) is 4. The predicted molar refractivity (Wildman–Crippen MR) is 111 cm³/mol. The molecule has 2 atom stereocenters. The second kappa shape index (κ2) is 9.09. The number of aromatic nitrogens is 1. The lowest BCUT2D eigenvalue weighted by atomic mass is 9.67. The molecular weight excluding hydrogens is 356 g/mol. The number of benzene rings is 1. The third-order valence-corrected chi connectivity index (χ3v) is 5.95. The molecule has 1 aromatic heterocycles. The molecule has 27 heavy (non-hydrogen) atoms. The highest BCUT2D eigenvalue weighted by Crippen LogP contribution is 2.42. The first-order valence-corrected chi connectivity index (χ1v) is 9.94. The number of hydrogen-bond donors (Lipinski definition) is 1. The van der Waals surface area contributed by atoms with Crippen molar-refractivity contribution in [2.24, 2.45) is 0 Å². The molecule has 3 rings (SSSR count). The SMILES string of the molecule is CNC(=S)C1(c2cccnc2)CCCCC1OC(=O)CCc1ccccc1. The van der Waals surface area contributed by atoms with Gasteiger partial charge in [-0.3, -0.25) is 9.78 Å². The highest BCUT2D eigenvalue weighted by Gasteiger charge is 2.48. The maximum Gasteiger partial charge on any atom is 0.306 e. The minimum absolute atomic E-state index is 0.169. The number of nitrogens with one attached hydrogen (secondary N) is 1. The molecule has 1 fully saturated rings. The zero-order chi connectivity index (χ0) is 19.1. The average Bonchev–Trinajstić information content (AvgIpc) is 2.73. The molecule has 1 aromatic carbocycles. The summed E-state index contributed by atoms with van der Waals surface area (Å²) < 4.78 is 6.01. The van der Waals surface area contributed by atoms with E-state index in [1.807, 2.05) is 55.7 Å². The van der Waals surface area contributed by atoms with Gasteiger partial charge in [0.15, 0.2) is 0 Å². The van der Waals surface area contributed by atoms with Crippen molar-refractivity contribution in [3.05, 3.63) is 66.0 Å². The second-order valence-electron chi connectivity index (χ2n) is 7.00. The number of rotatable bonds is 6. The van der Waals surface area contributed by atoms with Crippen molar-refractivity contribution in [2.75, 3.05) is 7.05 Å². The largest absolute Gasteiger partial charge is 0.461 e. The van der Waals surface area contributed by atoms with Crippen LogP contribution in [0.15, 0.2) is 54.9 Å². The topological polar surface area (TPSA) is 51.2 Å². The maximum absolute atomic E-state index is 12.6. The number of ether oxygens (including phenoxy) is 1. The summed E-state index contributed by atoms with van der Waals surface area (Å²) >= 11 is 5.71. The maximum atomic E-state index is 12.6. The number of pyridine rings is 1. The number of esters is 1. The average molecular weight is 383 g/mol. The minimum Gasteiger partial charge on any atom is -0.461 e. The quantitative estimate of drug-likeness (QED) is 0.605. The lowest BCUT2D eigenvalue weighted by Gasteiger charge is -2.43. The van der Waals surface area contributed by atoms with E-state index in [2.05, 4.69) is 10.3 Å². The van der Waals surface area contributed by atoms with E-state index >= 15 is 0 Å². The molecule has 0 amide bonds. The van der Waals surface area contributed by atoms with Crippen molar-refractivity contribution in [1.82, 2.24) is 10.3 Å². The van der Waals surface area contributed by atoms with Crippen LogP contribution in [0.4, 0.5) is 0 Å². The van der Waals surface area contributed by atoms with Gasteiger partial charge in [-0.05, 0) is 42.9 Å². The van der Waals surface area contributed by atoms with Crippen LogP contribution in [0.25, 0.3) is 0 Å². The molecule has 1 N–H and O–H groups in total. The molecule has 0 radical (unpaired) electrons. The molecule has 1 aliphatic rings. The fourth-order valence-electron chi connectivity index (χ4n) is 3.98. The Bertz CT molecular complexity index is 766. The molecule has 0 bridgehead atoms. The first-order chi connectivity index (χ1) is 13.2.